The van der Waals surface area contributed by atoms with Crippen LogP contribution in [0.5, 0.6) is 11.5 Å². The van der Waals surface area contributed by atoms with Crippen molar-refractivity contribution in [2.45, 2.75) is 19.4 Å². The number of rotatable bonds is 4. The highest BCUT2D eigenvalue weighted by atomic mass is 32.1. The maximum atomic E-state index is 11.0. The van der Waals surface area contributed by atoms with E-state index in [1.165, 1.54) is 12.1 Å². The highest BCUT2D eigenvalue weighted by molar-refractivity contribution is 7.80. The fraction of sp³-hybridized carbons (Fsp3) is 0.211. The molecule has 10 nitrogen and oxygen atoms in total. The first-order valence-corrected chi connectivity index (χ1v) is 9.43. The van der Waals surface area contributed by atoms with Crippen molar-refractivity contribution in [3.8, 4) is 11.5 Å². The summed E-state index contributed by atoms with van der Waals surface area (Å²) in [5.74, 6) is 1.26. The highest BCUT2D eigenvalue weighted by Gasteiger charge is 2.28. The third kappa shape index (κ3) is 3.62. The molecule has 4 rings (SSSR count). The van der Waals surface area contributed by atoms with Gasteiger partial charge in [-0.2, -0.15) is 5.10 Å². The molecular formula is C19H17N5O5S. The van der Waals surface area contributed by atoms with Gasteiger partial charge in [0.15, 0.2) is 11.5 Å². The lowest BCUT2D eigenvalue weighted by atomic mass is 9.94. The summed E-state index contributed by atoms with van der Waals surface area (Å²) >= 11 is 5.38. The van der Waals surface area contributed by atoms with Gasteiger partial charge in [0.2, 0.25) is 18.3 Å². The van der Waals surface area contributed by atoms with Gasteiger partial charge in [-0.3, -0.25) is 25.8 Å². The number of carbonyl (C=O) groups is 1. The normalized spacial score (nSPS) is 16.8. The fourth-order valence-corrected chi connectivity index (χ4v) is 3.67. The van der Waals surface area contributed by atoms with Crippen molar-refractivity contribution in [2.75, 3.05) is 6.79 Å². The second-order valence-corrected chi connectivity index (χ2v) is 7.09. The fourth-order valence-electron chi connectivity index (χ4n) is 3.39. The third-order valence-electron chi connectivity index (χ3n) is 4.79. The molecular weight excluding hydrogens is 410 g/mol. The van der Waals surface area contributed by atoms with E-state index < -0.39 is 4.92 Å². The minimum atomic E-state index is -0.455. The molecule has 1 atom stereocenters. The molecule has 0 unspecified atom stereocenters. The van der Waals surface area contributed by atoms with Crippen LogP contribution in [0.25, 0.3) is 0 Å². The van der Waals surface area contributed by atoms with Crippen LogP contribution in [-0.4, -0.2) is 40.0 Å². The standard InChI is InChI=1S/C19H17N5O5S/c1-11-6-13-7-16-17(29-10-28-16)8-15(13)18(22-23(11)19(30)21-20-9-25)12-2-4-14(5-3-12)24(26)27/h2-5,7-9,11H,6,10H2,1H3,(H,20,25)(H,21,30)/t11-/m1/s1. The number of hydrogen-bond donors (Lipinski definition) is 2. The molecule has 11 heteroatoms. The Labute approximate surface area is 176 Å². The summed E-state index contributed by atoms with van der Waals surface area (Å²) < 4.78 is 11.0. The van der Waals surface area contributed by atoms with Crippen molar-refractivity contribution < 1.29 is 19.2 Å². The number of benzene rings is 2. The number of carbonyl (C=O) groups excluding carboxylic acids is 1. The molecule has 0 aliphatic carbocycles. The number of fused-ring (bicyclic) bond motifs is 2. The Morgan fingerprint density at radius 3 is 2.67 bits per heavy atom. The molecule has 2 aliphatic heterocycles. The summed E-state index contributed by atoms with van der Waals surface area (Å²) in [6.45, 7) is 2.10. The van der Waals surface area contributed by atoms with E-state index in [0.717, 1.165) is 11.1 Å². The van der Waals surface area contributed by atoms with Crippen LogP contribution in [0.1, 0.15) is 23.6 Å². The Hall–Kier alpha value is -3.73. The third-order valence-corrected chi connectivity index (χ3v) is 5.08. The molecule has 154 valence electrons. The van der Waals surface area contributed by atoms with Crippen LogP contribution in [0.15, 0.2) is 41.5 Å². The van der Waals surface area contributed by atoms with Gasteiger partial charge in [0.05, 0.1) is 16.7 Å². The van der Waals surface area contributed by atoms with E-state index in [-0.39, 0.29) is 23.6 Å². The molecule has 0 bridgehead atoms. The predicted octanol–water partition coefficient (Wildman–Crippen LogP) is 1.86. The van der Waals surface area contributed by atoms with Crippen LogP contribution in [0.2, 0.25) is 0 Å². The summed E-state index contributed by atoms with van der Waals surface area (Å²) in [6, 6.07) is 9.75. The number of nitro benzene ring substituents is 1. The Morgan fingerprint density at radius 2 is 2.00 bits per heavy atom. The van der Waals surface area contributed by atoms with Gasteiger partial charge in [-0.05, 0) is 55.4 Å². The van der Waals surface area contributed by atoms with Gasteiger partial charge in [-0.15, -0.1) is 0 Å². The van der Waals surface area contributed by atoms with E-state index in [4.69, 9.17) is 26.8 Å². The molecule has 0 spiro atoms. The smallest absolute Gasteiger partial charge is 0.269 e. The highest BCUT2D eigenvalue weighted by Crippen LogP contribution is 2.37. The summed E-state index contributed by atoms with van der Waals surface area (Å²) in [4.78, 5) is 21.2. The Kier molecular flexibility index (Phi) is 5.19. The first-order chi connectivity index (χ1) is 14.5. The molecule has 0 saturated carbocycles. The SMILES string of the molecule is C[C@@H]1Cc2cc3c(cc2C(c2ccc([N+](=O)[O-])cc2)=NN1C(=S)NNC=O)OCO3. The minimum absolute atomic E-state index is 0.0172. The Morgan fingerprint density at radius 1 is 1.30 bits per heavy atom. The van der Waals surface area contributed by atoms with Gasteiger partial charge in [-0.1, -0.05) is 0 Å². The van der Waals surface area contributed by atoms with Crippen LogP contribution in [-0.2, 0) is 11.2 Å². The number of hydrogen-bond acceptors (Lipinski definition) is 7. The zero-order valence-corrected chi connectivity index (χ0v) is 16.6. The van der Waals surface area contributed by atoms with Gasteiger partial charge in [0.25, 0.3) is 5.69 Å². The number of amides is 1. The lowest BCUT2D eigenvalue weighted by molar-refractivity contribution is -0.384. The maximum absolute atomic E-state index is 11.0. The number of non-ortho nitro benzene ring substituents is 1. The van der Waals surface area contributed by atoms with Crippen molar-refractivity contribution in [2.24, 2.45) is 5.10 Å². The van der Waals surface area contributed by atoms with Gasteiger partial charge in [0.1, 0.15) is 0 Å². The second kappa shape index (κ2) is 7.95. The minimum Gasteiger partial charge on any atom is -0.454 e. The topological polar surface area (TPSA) is 118 Å². The molecule has 2 aromatic rings. The molecule has 2 aliphatic rings. The Bertz CT molecular complexity index is 1060. The van der Waals surface area contributed by atoms with Crippen LogP contribution in [0.3, 0.4) is 0 Å². The monoisotopic (exact) mass is 427 g/mol. The summed E-state index contributed by atoms with van der Waals surface area (Å²) in [7, 11) is 0. The molecule has 30 heavy (non-hydrogen) atoms. The zero-order chi connectivity index (χ0) is 21.3. The Balaban J connectivity index is 1.83. The predicted molar refractivity (Wildman–Crippen MR) is 111 cm³/mol. The quantitative estimate of drug-likeness (QED) is 0.329. The van der Waals surface area contributed by atoms with Crippen molar-refractivity contribution in [3.05, 3.63) is 63.2 Å². The molecule has 2 N–H and O–H groups in total. The van der Waals surface area contributed by atoms with Gasteiger partial charge < -0.3 is 9.47 Å². The van der Waals surface area contributed by atoms with E-state index in [2.05, 4.69) is 10.9 Å². The second-order valence-electron chi connectivity index (χ2n) is 6.71. The molecule has 2 heterocycles. The van der Waals surface area contributed by atoms with Gasteiger partial charge in [0, 0.05) is 23.3 Å². The summed E-state index contributed by atoms with van der Waals surface area (Å²) in [6.07, 6.45) is 1.07. The average molecular weight is 427 g/mol. The lowest BCUT2D eigenvalue weighted by Crippen LogP contribution is -2.47. The number of hydrazone groups is 1. The number of hydrazine groups is 1. The number of ether oxygens (including phenoxy) is 2. The van der Waals surface area contributed by atoms with Crippen LogP contribution < -0.4 is 20.3 Å². The molecule has 0 saturated heterocycles. The first kappa shape index (κ1) is 19.6. The average Bonchev–Trinajstić information content (AvgIpc) is 3.14. The zero-order valence-electron chi connectivity index (χ0n) is 15.8. The van der Waals surface area contributed by atoms with E-state index >= 15 is 0 Å². The molecule has 0 fully saturated rings. The largest absolute Gasteiger partial charge is 0.454 e. The number of thiocarbonyl (C=S) groups is 1. The van der Waals surface area contributed by atoms with Crippen LogP contribution >= 0.6 is 12.2 Å². The number of nitrogens with one attached hydrogen (secondary N) is 2. The number of nitrogens with zero attached hydrogens (tertiary/aromatic N) is 3. The van der Waals surface area contributed by atoms with E-state index in [9.17, 15) is 14.9 Å². The van der Waals surface area contributed by atoms with Crippen LogP contribution in [0.4, 0.5) is 5.69 Å². The van der Waals surface area contributed by atoms with Crippen molar-refractivity contribution in [1.82, 2.24) is 15.9 Å². The first-order valence-electron chi connectivity index (χ1n) is 9.02. The molecule has 0 aromatic heterocycles. The van der Waals surface area contributed by atoms with E-state index in [1.807, 2.05) is 19.1 Å². The van der Waals surface area contributed by atoms with Crippen molar-refractivity contribution in [1.29, 1.82) is 0 Å². The molecule has 2 aromatic carbocycles. The number of nitro groups is 1. The van der Waals surface area contributed by atoms with Gasteiger partial charge >= 0.3 is 0 Å². The summed E-state index contributed by atoms with van der Waals surface area (Å²) in [5, 5.41) is 17.6. The van der Waals surface area contributed by atoms with Crippen molar-refractivity contribution in [3.63, 3.8) is 0 Å². The lowest BCUT2D eigenvalue weighted by Gasteiger charge is -2.25. The van der Waals surface area contributed by atoms with E-state index in [1.54, 1.807) is 17.1 Å². The maximum Gasteiger partial charge on any atom is 0.269 e. The molecule has 1 amide bonds. The van der Waals surface area contributed by atoms with E-state index in [0.29, 0.717) is 35.6 Å². The van der Waals surface area contributed by atoms with Gasteiger partial charge in [-0.25, -0.2) is 5.01 Å². The van der Waals surface area contributed by atoms with Crippen LogP contribution in [0, 0.1) is 10.1 Å². The summed E-state index contributed by atoms with van der Waals surface area (Å²) in [5.41, 5.74) is 7.95. The van der Waals surface area contributed by atoms with Crippen molar-refractivity contribution >= 4 is 35.1 Å². The molecule has 0 radical (unpaired) electrons.